The largest absolute Gasteiger partial charge is 0.490 e. The molecular weight excluding hydrogens is 170 g/mol. The highest BCUT2D eigenvalue weighted by Gasteiger charge is 2.20. The van der Waals surface area contributed by atoms with Crippen molar-refractivity contribution in [3.8, 4) is 0 Å². The Hall–Kier alpha value is -2.04. The van der Waals surface area contributed by atoms with Gasteiger partial charge in [-0.15, -0.1) is 0 Å². The summed E-state index contributed by atoms with van der Waals surface area (Å²) in [5.74, 6) is -1.38. The molecule has 1 aromatic rings. The fraction of sp³-hybridized carbons (Fsp3) is 0. The van der Waals surface area contributed by atoms with Crippen molar-refractivity contribution in [2.24, 2.45) is 11.5 Å². The number of nitrogens with two attached hydrogens (primary N) is 2. The van der Waals surface area contributed by atoms with Gasteiger partial charge in [-0.25, -0.2) is 0 Å². The highest BCUT2D eigenvalue weighted by Crippen LogP contribution is 1.94. The lowest BCUT2D eigenvalue weighted by molar-refractivity contribution is -0.579. The number of primary amides is 1. The molecule has 13 heavy (non-hydrogen) atoms. The number of pyridine rings is 1. The van der Waals surface area contributed by atoms with Gasteiger partial charge in [-0.3, -0.25) is 4.79 Å². The number of rotatable bonds is 2. The van der Waals surface area contributed by atoms with Crippen LogP contribution in [0.3, 0.4) is 0 Å². The van der Waals surface area contributed by atoms with Gasteiger partial charge in [0.1, 0.15) is 0 Å². The van der Waals surface area contributed by atoms with Crippen LogP contribution in [0.25, 0.3) is 5.70 Å². The van der Waals surface area contributed by atoms with E-state index in [0.29, 0.717) is 0 Å². The Balaban J connectivity index is 3.20. The average Bonchev–Trinajstić information content (AvgIpc) is 2.04. The summed E-state index contributed by atoms with van der Waals surface area (Å²) in [6, 6.07) is 5.14. The van der Waals surface area contributed by atoms with Crippen molar-refractivity contribution in [1.29, 1.82) is 0 Å². The van der Waals surface area contributed by atoms with Gasteiger partial charge in [0, 0.05) is 12.1 Å². The molecule has 0 aliphatic carbocycles. The second-order valence-electron chi connectivity index (χ2n) is 2.38. The molecule has 0 spiro atoms. The zero-order valence-corrected chi connectivity index (χ0v) is 6.84. The Bertz CT molecular complexity index is 342. The third kappa shape index (κ3) is 1.96. The molecule has 0 saturated heterocycles. The Morgan fingerprint density at radius 2 is 1.69 bits per heavy atom. The summed E-state index contributed by atoms with van der Waals surface area (Å²) in [5, 5.41) is 8.97. The Morgan fingerprint density at radius 3 is 2.08 bits per heavy atom. The lowest BCUT2D eigenvalue weighted by atomic mass is 10.4. The van der Waals surface area contributed by atoms with Crippen molar-refractivity contribution in [3.63, 3.8) is 0 Å². The third-order valence-electron chi connectivity index (χ3n) is 1.45. The summed E-state index contributed by atoms with van der Waals surface area (Å²) in [7, 11) is 0. The van der Waals surface area contributed by atoms with E-state index in [-0.39, 0.29) is 5.70 Å². The van der Waals surface area contributed by atoms with E-state index in [1.807, 2.05) is 0 Å². The van der Waals surface area contributed by atoms with E-state index >= 15 is 0 Å². The number of nitrogens with zero attached hydrogens (tertiary/aromatic N) is 1. The molecule has 1 heterocycles. The minimum Gasteiger partial charge on any atom is -0.490 e. The number of amides is 1. The molecule has 0 saturated carbocycles. The van der Waals surface area contributed by atoms with Crippen LogP contribution in [0, 0.1) is 0 Å². The van der Waals surface area contributed by atoms with Crippen LogP contribution in [0.2, 0.25) is 0 Å². The minimum absolute atomic E-state index is 0.138. The number of aliphatic hydroxyl groups excluding tert-OH is 1. The Labute approximate surface area is 74.9 Å². The van der Waals surface area contributed by atoms with Crippen LogP contribution in [0.15, 0.2) is 36.5 Å². The molecule has 0 aliphatic rings. The van der Waals surface area contributed by atoms with Crippen LogP contribution >= 0.6 is 0 Å². The standard InChI is InChI=1S/C8H9N3O2/c9-7(12)6(8(10)13)11-4-2-1-3-5-11/h1-5H,(H4-,9,10,12,13)/p+1. The summed E-state index contributed by atoms with van der Waals surface area (Å²) in [6.45, 7) is 0. The molecule has 1 rings (SSSR count). The van der Waals surface area contributed by atoms with E-state index in [4.69, 9.17) is 16.6 Å². The molecule has 5 heteroatoms. The number of carbonyl (C=O) groups excluding carboxylic acids is 1. The molecule has 0 fully saturated rings. The Morgan fingerprint density at radius 1 is 1.15 bits per heavy atom. The second-order valence-corrected chi connectivity index (χ2v) is 2.38. The highest BCUT2D eigenvalue weighted by atomic mass is 16.3. The normalized spacial score (nSPS) is 12.0. The van der Waals surface area contributed by atoms with Gasteiger partial charge in [-0.2, -0.15) is 4.57 Å². The number of aromatic nitrogens is 1. The zero-order valence-electron chi connectivity index (χ0n) is 6.84. The van der Waals surface area contributed by atoms with Crippen molar-refractivity contribution in [3.05, 3.63) is 36.5 Å². The van der Waals surface area contributed by atoms with E-state index in [9.17, 15) is 4.79 Å². The molecular formula is C8H10N3O2+. The van der Waals surface area contributed by atoms with Crippen LogP contribution in [0.4, 0.5) is 0 Å². The van der Waals surface area contributed by atoms with Crippen molar-refractivity contribution < 1.29 is 14.5 Å². The van der Waals surface area contributed by atoms with Crippen molar-refractivity contribution in [2.45, 2.75) is 0 Å². The molecule has 68 valence electrons. The van der Waals surface area contributed by atoms with E-state index in [1.54, 1.807) is 30.6 Å². The smallest absolute Gasteiger partial charge is 0.335 e. The fourth-order valence-corrected chi connectivity index (χ4v) is 0.933. The van der Waals surface area contributed by atoms with E-state index < -0.39 is 11.8 Å². The van der Waals surface area contributed by atoms with E-state index in [2.05, 4.69) is 0 Å². The first-order valence-corrected chi connectivity index (χ1v) is 3.58. The summed E-state index contributed by atoms with van der Waals surface area (Å²) in [6.07, 6.45) is 3.12. The molecule has 0 aliphatic heterocycles. The SMILES string of the molecule is NC(=O)/C(=C(/N)O)[n+]1ccccc1. The van der Waals surface area contributed by atoms with Crippen LogP contribution in [-0.2, 0) is 4.79 Å². The maximum Gasteiger partial charge on any atom is 0.335 e. The van der Waals surface area contributed by atoms with E-state index in [1.165, 1.54) is 4.57 Å². The van der Waals surface area contributed by atoms with Gasteiger partial charge in [0.15, 0.2) is 12.4 Å². The van der Waals surface area contributed by atoms with Crippen molar-refractivity contribution in [1.82, 2.24) is 0 Å². The molecule has 1 aromatic heterocycles. The molecule has 5 nitrogen and oxygen atoms in total. The average molecular weight is 180 g/mol. The summed E-state index contributed by atoms with van der Waals surface area (Å²) < 4.78 is 1.34. The summed E-state index contributed by atoms with van der Waals surface area (Å²) >= 11 is 0. The van der Waals surface area contributed by atoms with Crippen LogP contribution in [0.5, 0.6) is 0 Å². The maximum atomic E-state index is 10.8. The number of carbonyl (C=O) groups is 1. The molecule has 0 atom stereocenters. The molecule has 0 aromatic carbocycles. The van der Waals surface area contributed by atoms with Gasteiger partial charge >= 0.3 is 11.6 Å². The first kappa shape index (κ1) is 9.05. The summed E-state index contributed by atoms with van der Waals surface area (Å²) in [4.78, 5) is 10.8. The molecule has 0 unspecified atom stereocenters. The van der Waals surface area contributed by atoms with Crippen molar-refractivity contribution in [2.75, 3.05) is 0 Å². The predicted octanol–water partition coefficient (Wildman–Crippen LogP) is -0.898. The quantitative estimate of drug-likeness (QED) is 0.313. The van der Waals surface area contributed by atoms with Gasteiger partial charge in [0.2, 0.25) is 0 Å². The highest BCUT2D eigenvalue weighted by molar-refractivity contribution is 6.09. The molecule has 0 radical (unpaired) electrons. The summed E-state index contributed by atoms with van der Waals surface area (Å²) in [5.41, 5.74) is 9.96. The first-order valence-electron chi connectivity index (χ1n) is 3.58. The van der Waals surface area contributed by atoms with Gasteiger partial charge in [-0.05, 0) is 0 Å². The van der Waals surface area contributed by atoms with Gasteiger partial charge in [0.25, 0.3) is 5.88 Å². The number of hydrogen-bond acceptors (Lipinski definition) is 3. The number of hydrogen-bond donors (Lipinski definition) is 3. The van der Waals surface area contributed by atoms with Crippen molar-refractivity contribution >= 4 is 11.6 Å². The monoisotopic (exact) mass is 180 g/mol. The Kier molecular flexibility index (Phi) is 2.49. The topological polar surface area (TPSA) is 93.2 Å². The lowest BCUT2D eigenvalue weighted by Gasteiger charge is -1.96. The minimum atomic E-state index is -0.781. The maximum absolute atomic E-state index is 10.8. The van der Waals surface area contributed by atoms with Crippen LogP contribution < -0.4 is 16.0 Å². The van der Waals surface area contributed by atoms with Gasteiger partial charge in [0.05, 0.1) is 0 Å². The van der Waals surface area contributed by atoms with Gasteiger partial charge < -0.3 is 16.6 Å². The molecule has 0 bridgehead atoms. The first-order chi connectivity index (χ1) is 6.13. The molecule has 1 amide bonds. The zero-order chi connectivity index (χ0) is 9.84. The van der Waals surface area contributed by atoms with E-state index in [0.717, 1.165) is 0 Å². The van der Waals surface area contributed by atoms with Crippen LogP contribution in [-0.4, -0.2) is 11.0 Å². The van der Waals surface area contributed by atoms with Crippen LogP contribution in [0.1, 0.15) is 0 Å². The fourth-order valence-electron chi connectivity index (χ4n) is 0.933. The lowest BCUT2D eigenvalue weighted by Crippen LogP contribution is -2.40. The molecule has 5 N–H and O–H groups in total. The third-order valence-corrected chi connectivity index (χ3v) is 1.45. The van der Waals surface area contributed by atoms with Gasteiger partial charge in [-0.1, -0.05) is 6.07 Å². The number of aliphatic hydroxyl groups is 1. The predicted molar refractivity (Wildman–Crippen MR) is 45.9 cm³/mol. The second kappa shape index (κ2) is 3.57.